The first kappa shape index (κ1) is 42.8. The molecule has 0 atom stereocenters. The summed E-state index contributed by atoms with van der Waals surface area (Å²) < 4.78 is 0. The van der Waals surface area contributed by atoms with E-state index in [2.05, 4.69) is 0 Å². The first-order valence-corrected chi connectivity index (χ1v) is 4.64. The van der Waals surface area contributed by atoms with Gasteiger partial charge in [-0.25, -0.2) is 0 Å². The van der Waals surface area contributed by atoms with Gasteiger partial charge in [0.15, 0.2) is 0 Å². The summed E-state index contributed by atoms with van der Waals surface area (Å²) >= 11 is 0. The van der Waals surface area contributed by atoms with Crippen LogP contribution in [0.4, 0.5) is 0 Å². The average Bonchev–Trinajstić information content (AvgIpc) is 1.94. The number of hydrogen-bond donors (Lipinski definition) is 5. The van der Waals surface area contributed by atoms with Crippen molar-refractivity contribution >= 4 is 29.8 Å². The molecule has 0 spiro atoms. The molecule has 22 heavy (non-hydrogen) atoms. The van der Waals surface area contributed by atoms with E-state index >= 15 is 0 Å². The maximum Gasteiger partial charge on any atom is 0.300 e. The van der Waals surface area contributed by atoms with Gasteiger partial charge in [0.05, 0.1) is 0 Å². The third-order valence-electron chi connectivity index (χ3n) is 0. The zero-order valence-electron chi connectivity index (χ0n) is 12.5. The normalized spacial score (nSPS) is 5.68. The van der Waals surface area contributed by atoms with Gasteiger partial charge < -0.3 is 25.5 Å². The van der Waals surface area contributed by atoms with Gasteiger partial charge in [-0.05, 0) is 0 Å². The standard InChI is InChI=1S/5C2H4O2.Co.Fe/c5*1-2(3)4;;/h5*1H3,(H,3,4);;. The smallest absolute Gasteiger partial charge is 0.300 e. The second-order valence-electron chi connectivity index (χ2n) is 2.60. The van der Waals surface area contributed by atoms with Crippen LogP contribution in [0.25, 0.3) is 0 Å². The molecule has 0 rings (SSSR count). The van der Waals surface area contributed by atoms with E-state index in [0.717, 1.165) is 34.6 Å². The third-order valence-corrected chi connectivity index (χ3v) is 0. The van der Waals surface area contributed by atoms with E-state index in [1.54, 1.807) is 0 Å². The molecule has 0 aliphatic carbocycles. The monoisotopic (exact) mass is 415 g/mol. The van der Waals surface area contributed by atoms with Crippen molar-refractivity contribution in [2.24, 2.45) is 0 Å². The van der Waals surface area contributed by atoms with Gasteiger partial charge in [0.25, 0.3) is 29.8 Å². The first-order valence-electron chi connectivity index (χ1n) is 4.64. The van der Waals surface area contributed by atoms with Crippen LogP contribution in [-0.4, -0.2) is 55.4 Å². The molecule has 0 saturated heterocycles. The van der Waals surface area contributed by atoms with Gasteiger partial charge in [-0.2, -0.15) is 0 Å². The first-order chi connectivity index (χ1) is 8.66. The SMILES string of the molecule is CC(=O)O.CC(=O)O.CC(=O)O.CC(=O)O.CC(=O)O.[Co].[Fe]. The van der Waals surface area contributed by atoms with Gasteiger partial charge in [-0.3, -0.25) is 24.0 Å². The molecule has 5 N–H and O–H groups in total. The molecular formula is C10H20CoFeO10. The van der Waals surface area contributed by atoms with E-state index in [4.69, 9.17) is 49.5 Å². The molecule has 0 aliphatic heterocycles. The molecule has 0 fully saturated rings. The second kappa shape index (κ2) is 36.6. The summed E-state index contributed by atoms with van der Waals surface area (Å²) in [5, 5.41) is 37.1. The van der Waals surface area contributed by atoms with Crippen LogP contribution in [0.5, 0.6) is 0 Å². The fourth-order valence-electron chi connectivity index (χ4n) is 0. The summed E-state index contributed by atoms with van der Waals surface area (Å²) in [6.07, 6.45) is 0. The van der Waals surface area contributed by atoms with E-state index in [0.29, 0.717) is 0 Å². The quantitative estimate of drug-likeness (QED) is 0.348. The van der Waals surface area contributed by atoms with Crippen molar-refractivity contribution < 1.29 is 83.4 Å². The molecule has 0 aliphatic rings. The minimum atomic E-state index is -0.833. The summed E-state index contributed by atoms with van der Waals surface area (Å²) in [5.74, 6) is -4.17. The molecule has 0 heterocycles. The van der Waals surface area contributed by atoms with E-state index in [-0.39, 0.29) is 33.8 Å². The Morgan fingerprint density at radius 1 is 0.455 bits per heavy atom. The number of carbonyl (C=O) groups is 5. The van der Waals surface area contributed by atoms with Gasteiger partial charge >= 0.3 is 0 Å². The third kappa shape index (κ3) is 2100. The fraction of sp³-hybridized carbons (Fsp3) is 0.500. The molecule has 137 valence electrons. The Kier molecular flexibility index (Phi) is 71.1. The molecular weight excluding hydrogens is 395 g/mol. The predicted molar refractivity (Wildman–Crippen MR) is 66.5 cm³/mol. The maximum absolute atomic E-state index is 9.00. The predicted octanol–water partition coefficient (Wildman–Crippen LogP) is 0.450. The summed E-state index contributed by atoms with van der Waals surface area (Å²) in [4.78, 5) is 45.0. The molecule has 0 aromatic heterocycles. The van der Waals surface area contributed by atoms with Crippen molar-refractivity contribution in [3.8, 4) is 0 Å². The Labute approximate surface area is 148 Å². The Hall–Kier alpha value is -1.62. The number of hydrogen-bond acceptors (Lipinski definition) is 5. The zero-order chi connectivity index (χ0) is 17.9. The zero-order valence-corrected chi connectivity index (χ0v) is 14.6. The Morgan fingerprint density at radius 2 is 0.455 bits per heavy atom. The molecule has 0 aromatic carbocycles. The number of aliphatic carboxylic acids is 5. The molecule has 1 radical (unpaired) electrons. The van der Waals surface area contributed by atoms with E-state index < -0.39 is 29.8 Å². The summed E-state index contributed by atoms with van der Waals surface area (Å²) in [6.45, 7) is 5.42. The number of carboxylic acid groups (broad SMARTS) is 5. The van der Waals surface area contributed by atoms with Crippen LogP contribution in [-0.2, 0) is 57.8 Å². The topological polar surface area (TPSA) is 186 Å². The Morgan fingerprint density at radius 3 is 0.455 bits per heavy atom. The van der Waals surface area contributed by atoms with Crippen LogP contribution in [0.3, 0.4) is 0 Å². The van der Waals surface area contributed by atoms with Crippen molar-refractivity contribution in [1.29, 1.82) is 0 Å². The molecule has 0 amide bonds. The van der Waals surface area contributed by atoms with Gasteiger partial charge in [-0.1, -0.05) is 0 Å². The van der Waals surface area contributed by atoms with Crippen LogP contribution in [0.2, 0.25) is 0 Å². The van der Waals surface area contributed by atoms with Crippen LogP contribution in [0.1, 0.15) is 34.6 Å². The Bertz CT molecular complexity index is 216. The summed E-state index contributed by atoms with van der Waals surface area (Å²) in [6, 6.07) is 0. The van der Waals surface area contributed by atoms with Crippen molar-refractivity contribution in [2.45, 2.75) is 34.6 Å². The Balaban J connectivity index is -0.0000000250. The van der Waals surface area contributed by atoms with Crippen molar-refractivity contribution in [3.05, 3.63) is 0 Å². The van der Waals surface area contributed by atoms with Crippen molar-refractivity contribution in [3.63, 3.8) is 0 Å². The van der Waals surface area contributed by atoms with Crippen LogP contribution < -0.4 is 0 Å². The minimum Gasteiger partial charge on any atom is -0.481 e. The van der Waals surface area contributed by atoms with Crippen LogP contribution in [0, 0.1) is 0 Å². The minimum absolute atomic E-state index is 0. The van der Waals surface area contributed by atoms with E-state index in [9.17, 15) is 0 Å². The van der Waals surface area contributed by atoms with Gasteiger partial charge in [0.2, 0.25) is 0 Å². The summed E-state index contributed by atoms with van der Waals surface area (Å²) in [7, 11) is 0. The molecule has 12 heteroatoms. The molecule has 0 bridgehead atoms. The maximum atomic E-state index is 9.00. The molecule has 0 unspecified atom stereocenters. The average molecular weight is 415 g/mol. The molecule has 10 nitrogen and oxygen atoms in total. The van der Waals surface area contributed by atoms with E-state index in [1.165, 1.54) is 0 Å². The molecule has 0 saturated carbocycles. The number of rotatable bonds is 0. The van der Waals surface area contributed by atoms with Gasteiger partial charge in [-0.15, -0.1) is 0 Å². The van der Waals surface area contributed by atoms with Crippen LogP contribution >= 0.6 is 0 Å². The van der Waals surface area contributed by atoms with E-state index in [1.807, 2.05) is 0 Å². The fourth-order valence-corrected chi connectivity index (χ4v) is 0. The van der Waals surface area contributed by atoms with Gasteiger partial charge in [0.1, 0.15) is 0 Å². The van der Waals surface area contributed by atoms with Crippen molar-refractivity contribution in [2.75, 3.05) is 0 Å². The summed E-state index contributed by atoms with van der Waals surface area (Å²) in [5.41, 5.74) is 0. The van der Waals surface area contributed by atoms with Gasteiger partial charge in [0, 0.05) is 68.5 Å². The second-order valence-corrected chi connectivity index (χ2v) is 2.60. The van der Waals surface area contributed by atoms with Crippen molar-refractivity contribution in [1.82, 2.24) is 0 Å². The molecule has 0 aromatic rings. The largest absolute Gasteiger partial charge is 0.481 e. The number of carboxylic acids is 5. The van der Waals surface area contributed by atoms with Crippen LogP contribution in [0.15, 0.2) is 0 Å².